The van der Waals surface area contributed by atoms with Crippen molar-refractivity contribution in [1.29, 1.82) is 0 Å². The van der Waals surface area contributed by atoms with E-state index in [2.05, 4.69) is 10.6 Å². The highest BCUT2D eigenvalue weighted by atomic mass is 16.5. The van der Waals surface area contributed by atoms with Crippen molar-refractivity contribution < 1.29 is 24.2 Å². The highest BCUT2D eigenvalue weighted by Crippen LogP contribution is 2.63. The van der Waals surface area contributed by atoms with Crippen LogP contribution in [-0.4, -0.2) is 63.7 Å². The van der Waals surface area contributed by atoms with Crippen molar-refractivity contribution in [2.45, 2.75) is 83.2 Å². The Kier molecular flexibility index (Phi) is 6.50. The number of benzene rings is 1. The number of fused-ring (bicyclic) bond motifs is 1. The summed E-state index contributed by atoms with van der Waals surface area (Å²) in [6.45, 7) is 9.33. The zero-order valence-corrected chi connectivity index (χ0v) is 20.7. The minimum absolute atomic E-state index is 0.0251. The van der Waals surface area contributed by atoms with E-state index in [0.717, 1.165) is 6.42 Å². The largest absolute Gasteiger partial charge is 0.394 e. The number of amides is 3. The maximum atomic E-state index is 14.1. The van der Waals surface area contributed by atoms with Gasteiger partial charge < -0.3 is 25.4 Å². The van der Waals surface area contributed by atoms with Gasteiger partial charge >= 0.3 is 0 Å². The number of anilines is 1. The van der Waals surface area contributed by atoms with Gasteiger partial charge in [-0.05, 0) is 51.7 Å². The molecule has 3 amide bonds. The first kappa shape index (κ1) is 24.7. The second kappa shape index (κ2) is 8.96. The van der Waals surface area contributed by atoms with Gasteiger partial charge in [-0.1, -0.05) is 38.5 Å². The molecule has 3 heterocycles. The Labute approximate surface area is 201 Å². The summed E-state index contributed by atoms with van der Waals surface area (Å²) in [6, 6.07) is 7.59. The van der Waals surface area contributed by atoms with Gasteiger partial charge in [0.25, 0.3) is 0 Å². The van der Waals surface area contributed by atoms with E-state index in [1.807, 2.05) is 52.8 Å². The number of rotatable bonds is 8. The van der Waals surface area contributed by atoms with Crippen molar-refractivity contribution in [2.75, 3.05) is 11.9 Å². The Balaban J connectivity index is 1.77. The molecule has 1 spiro atoms. The molecular formula is C26H37N3O5. The average molecular weight is 472 g/mol. The molecule has 1 aromatic carbocycles. The summed E-state index contributed by atoms with van der Waals surface area (Å²) in [4.78, 5) is 42.8. The number of ether oxygens (including phenoxy) is 1. The lowest BCUT2D eigenvalue weighted by Gasteiger charge is -2.39. The first-order chi connectivity index (χ1) is 16.1. The van der Waals surface area contributed by atoms with Crippen LogP contribution in [-0.2, 0) is 19.1 Å². The first-order valence-corrected chi connectivity index (χ1v) is 12.4. The van der Waals surface area contributed by atoms with Crippen LogP contribution in [0, 0.1) is 17.8 Å². The highest BCUT2D eigenvalue weighted by molar-refractivity contribution is 6.02. The molecule has 0 aliphatic carbocycles. The summed E-state index contributed by atoms with van der Waals surface area (Å²) in [5.41, 5.74) is -1.28. The van der Waals surface area contributed by atoms with Crippen LogP contribution in [0.3, 0.4) is 0 Å². The summed E-state index contributed by atoms with van der Waals surface area (Å²) in [7, 11) is 0. The minimum atomic E-state index is -1.09. The number of nitrogens with one attached hydrogen (secondary N) is 2. The van der Waals surface area contributed by atoms with E-state index in [0.29, 0.717) is 18.5 Å². The third-order valence-electron chi connectivity index (χ3n) is 8.06. The second-order valence-corrected chi connectivity index (χ2v) is 10.6. The van der Waals surface area contributed by atoms with E-state index < -0.39 is 35.1 Å². The van der Waals surface area contributed by atoms with Gasteiger partial charge in [-0.25, -0.2) is 0 Å². The fourth-order valence-corrected chi connectivity index (χ4v) is 6.34. The Morgan fingerprint density at radius 1 is 1.18 bits per heavy atom. The van der Waals surface area contributed by atoms with E-state index in [9.17, 15) is 19.5 Å². The lowest BCUT2D eigenvalue weighted by Crippen LogP contribution is -2.59. The molecule has 7 atom stereocenters. The van der Waals surface area contributed by atoms with E-state index in [4.69, 9.17) is 4.74 Å². The quantitative estimate of drug-likeness (QED) is 0.539. The third kappa shape index (κ3) is 3.71. The van der Waals surface area contributed by atoms with Crippen molar-refractivity contribution in [1.82, 2.24) is 10.2 Å². The number of carbonyl (C=O) groups is 3. The summed E-state index contributed by atoms with van der Waals surface area (Å²) in [5, 5.41) is 16.2. The van der Waals surface area contributed by atoms with Gasteiger partial charge in [0, 0.05) is 11.7 Å². The van der Waals surface area contributed by atoms with Crippen LogP contribution in [0.15, 0.2) is 30.3 Å². The molecular weight excluding hydrogens is 434 g/mol. The third-order valence-corrected chi connectivity index (χ3v) is 8.06. The maximum Gasteiger partial charge on any atom is 0.246 e. The molecule has 4 rings (SSSR count). The van der Waals surface area contributed by atoms with Gasteiger partial charge in [-0.3, -0.25) is 14.4 Å². The van der Waals surface area contributed by atoms with Gasteiger partial charge in [0.1, 0.15) is 11.6 Å². The Morgan fingerprint density at radius 2 is 1.85 bits per heavy atom. The minimum Gasteiger partial charge on any atom is -0.394 e. The molecule has 3 aliphatic rings. The lowest BCUT2D eigenvalue weighted by atomic mass is 9.66. The molecule has 0 saturated carbocycles. The van der Waals surface area contributed by atoms with Crippen LogP contribution in [0.2, 0.25) is 0 Å². The predicted octanol–water partition coefficient (Wildman–Crippen LogP) is 2.32. The average Bonchev–Trinajstić information content (AvgIpc) is 3.35. The molecule has 3 aliphatic heterocycles. The molecule has 2 bridgehead atoms. The Hall–Kier alpha value is -2.45. The normalized spacial score (nSPS) is 33.7. The molecule has 3 N–H and O–H groups in total. The molecule has 8 nitrogen and oxygen atoms in total. The Bertz CT molecular complexity index is 953. The SMILES string of the molecule is CC[C@H](C)[C@H](CO)N1C(=O)[C@@H]2[C@H](C(=O)Nc3ccccc3)[C@]3(C)CCC2(O3)C1C(=O)NC(C)C. The van der Waals surface area contributed by atoms with E-state index in [-0.39, 0.29) is 36.3 Å². The van der Waals surface area contributed by atoms with Gasteiger partial charge in [0.2, 0.25) is 17.7 Å². The molecule has 186 valence electrons. The van der Waals surface area contributed by atoms with Crippen LogP contribution >= 0.6 is 0 Å². The molecule has 3 fully saturated rings. The fraction of sp³-hybridized carbons (Fsp3) is 0.654. The van der Waals surface area contributed by atoms with Crippen LogP contribution in [0.5, 0.6) is 0 Å². The van der Waals surface area contributed by atoms with E-state index >= 15 is 0 Å². The highest BCUT2D eigenvalue weighted by Gasteiger charge is 2.78. The molecule has 3 saturated heterocycles. The van der Waals surface area contributed by atoms with Crippen LogP contribution in [0.4, 0.5) is 5.69 Å². The lowest BCUT2D eigenvalue weighted by molar-refractivity contribution is -0.150. The van der Waals surface area contributed by atoms with Crippen LogP contribution in [0.25, 0.3) is 0 Å². The summed E-state index contributed by atoms with van der Waals surface area (Å²) in [5.74, 6) is -2.38. The van der Waals surface area contributed by atoms with Gasteiger partial charge in [-0.2, -0.15) is 0 Å². The van der Waals surface area contributed by atoms with Crippen molar-refractivity contribution in [2.24, 2.45) is 17.8 Å². The van der Waals surface area contributed by atoms with Crippen molar-refractivity contribution in [3.05, 3.63) is 30.3 Å². The number of likely N-dealkylation sites (tertiary alicyclic amines) is 1. The fourth-order valence-electron chi connectivity index (χ4n) is 6.34. The summed E-state index contributed by atoms with van der Waals surface area (Å²) >= 11 is 0. The molecule has 2 unspecified atom stereocenters. The number of para-hydroxylation sites is 1. The summed E-state index contributed by atoms with van der Waals surface area (Å²) < 4.78 is 6.60. The Morgan fingerprint density at radius 3 is 2.44 bits per heavy atom. The zero-order valence-electron chi connectivity index (χ0n) is 20.7. The van der Waals surface area contributed by atoms with E-state index in [1.165, 1.54) is 0 Å². The summed E-state index contributed by atoms with van der Waals surface area (Å²) in [6.07, 6.45) is 1.83. The first-order valence-electron chi connectivity index (χ1n) is 12.4. The van der Waals surface area contributed by atoms with Crippen molar-refractivity contribution in [3.63, 3.8) is 0 Å². The molecule has 0 radical (unpaired) electrons. The molecule has 8 heteroatoms. The number of aliphatic hydroxyl groups is 1. The molecule has 1 aromatic rings. The standard InChI is InChI=1S/C26H37N3O5/c1-6-16(4)18(14-30)29-21(23(32)27-15(2)3)26-13-12-25(5,34-26)19(20(26)24(29)33)22(31)28-17-10-8-7-9-11-17/h7-11,15-16,18-21,30H,6,12-14H2,1-5H3,(H,27,32)(H,28,31)/t16-,18-,19+,20-,21?,25-,26?/m0/s1. The van der Waals surface area contributed by atoms with Crippen molar-refractivity contribution in [3.8, 4) is 0 Å². The smallest absolute Gasteiger partial charge is 0.246 e. The number of aliphatic hydroxyl groups excluding tert-OH is 1. The molecule has 34 heavy (non-hydrogen) atoms. The number of carbonyl (C=O) groups excluding carboxylic acids is 3. The number of hydrogen-bond donors (Lipinski definition) is 3. The number of hydrogen-bond acceptors (Lipinski definition) is 5. The zero-order chi connectivity index (χ0) is 24.8. The topological polar surface area (TPSA) is 108 Å². The van der Waals surface area contributed by atoms with E-state index in [1.54, 1.807) is 17.0 Å². The predicted molar refractivity (Wildman–Crippen MR) is 128 cm³/mol. The van der Waals surface area contributed by atoms with Gasteiger partial charge in [-0.15, -0.1) is 0 Å². The number of nitrogens with zero attached hydrogens (tertiary/aromatic N) is 1. The second-order valence-electron chi connectivity index (χ2n) is 10.6. The monoisotopic (exact) mass is 471 g/mol. The van der Waals surface area contributed by atoms with Crippen LogP contribution < -0.4 is 10.6 Å². The van der Waals surface area contributed by atoms with Gasteiger partial charge in [0.15, 0.2) is 0 Å². The van der Waals surface area contributed by atoms with Crippen molar-refractivity contribution >= 4 is 23.4 Å². The van der Waals surface area contributed by atoms with Crippen LogP contribution in [0.1, 0.15) is 53.9 Å². The van der Waals surface area contributed by atoms with Gasteiger partial charge in [0.05, 0.1) is 30.1 Å². The molecule has 0 aromatic heterocycles. The maximum absolute atomic E-state index is 14.1.